The fourth-order valence-corrected chi connectivity index (χ4v) is 5.16. The third kappa shape index (κ3) is 3.42. The Morgan fingerprint density at radius 2 is 2.00 bits per heavy atom. The molecule has 0 spiro atoms. The minimum Gasteiger partial charge on any atom is -0.489 e. The van der Waals surface area contributed by atoms with E-state index in [0.717, 1.165) is 12.5 Å². The first-order valence-corrected chi connectivity index (χ1v) is 10.6. The fraction of sp³-hybridized carbons (Fsp3) is 0.250. The van der Waals surface area contributed by atoms with Crippen LogP contribution in [0.15, 0.2) is 58.5 Å². The van der Waals surface area contributed by atoms with Gasteiger partial charge in [-0.05, 0) is 31.0 Å². The normalized spacial score (nSPS) is 17.0. The maximum Gasteiger partial charge on any atom is 0.407 e. The summed E-state index contributed by atoms with van der Waals surface area (Å²) < 4.78 is 45.8. The van der Waals surface area contributed by atoms with Gasteiger partial charge in [-0.2, -0.15) is 0 Å². The van der Waals surface area contributed by atoms with Gasteiger partial charge in [0, 0.05) is 18.1 Å². The molecule has 3 aromatic rings. The summed E-state index contributed by atoms with van der Waals surface area (Å²) in [5, 5.41) is 9.62. The standard InChI is InChI=1S/C20H19FN2O5S/c21-15-7-1-2-9-17(15)29(26,27)18-11-22-19-14(18)6-3-8-16(19)28-12-13-5-4-10-23(13)20(24)25/h1-3,6-9,11,13,22H,4-5,10,12H2,(H,24,25). The third-order valence-corrected chi connectivity index (χ3v) is 6.94. The van der Waals surface area contributed by atoms with Crippen LogP contribution in [-0.4, -0.2) is 48.7 Å². The highest BCUT2D eigenvalue weighted by Crippen LogP contribution is 2.34. The summed E-state index contributed by atoms with van der Waals surface area (Å²) in [5.41, 5.74) is 0.460. The first kappa shape index (κ1) is 19.3. The number of hydrogen-bond acceptors (Lipinski definition) is 4. The van der Waals surface area contributed by atoms with Crippen molar-refractivity contribution in [2.75, 3.05) is 13.2 Å². The predicted octanol–water partition coefficient (Wildman–Crippen LogP) is 3.66. The molecule has 0 aliphatic carbocycles. The molecule has 1 unspecified atom stereocenters. The number of halogens is 1. The van der Waals surface area contributed by atoms with E-state index in [2.05, 4.69) is 4.98 Å². The van der Waals surface area contributed by atoms with E-state index in [0.29, 0.717) is 29.6 Å². The molecule has 9 heteroatoms. The maximum atomic E-state index is 14.1. The van der Waals surface area contributed by atoms with Crippen LogP contribution >= 0.6 is 0 Å². The van der Waals surface area contributed by atoms with E-state index in [9.17, 15) is 22.7 Å². The minimum absolute atomic E-state index is 0.0453. The average molecular weight is 418 g/mol. The van der Waals surface area contributed by atoms with Gasteiger partial charge in [0.25, 0.3) is 0 Å². The Bertz CT molecular complexity index is 1170. The quantitative estimate of drug-likeness (QED) is 0.659. The monoisotopic (exact) mass is 418 g/mol. The first-order valence-electron chi connectivity index (χ1n) is 9.11. The Hall–Kier alpha value is -3.07. The van der Waals surface area contributed by atoms with Crippen LogP contribution in [0.3, 0.4) is 0 Å². The van der Waals surface area contributed by atoms with Crippen LogP contribution in [0.5, 0.6) is 5.75 Å². The fourth-order valence-electron chi connectivity index (χ4n) is 3.67. The van der Waals surface area contributed by atoms with Gasteiger partial charge < -0.3 is 19.7 Å². The second-order valence-corrected chi connectivity index (χ2v) is 8.74. The van der Waals surface area contributed by atoms with Crippen molar-refractivity contribution >= 4 is 26.8 Å². The van der Waals surface area contributed by atoms with Crippen LogP contribution < -0.4 is 4.74 Å². The average Bonchev–Trinajstić information content (AvgIpc) is 3.34. The molecule has 1 aliphatic rings. The molecule has 0 bridgehead atoms. The number of nitrogens with zero attached hydrogens (tertiary/aromatic N) is 1. The van der Waals surface area contributed by atoms with Crippen molar-refractivity contribution < 1.29 is 27.4 Å². The number of benzene rings is 2. The molecular weight excluding hydrogens is 399 g/mol. The highest BCUT2D eigenvalue weighted by molar-refractivity contribution is 7.91. The maximum absolute atomic E-state index is 14.1. The number of para-hydroxylation sites is 1. The Morgan fingerprint density at radius 3 is 2.76 bits per heavy atom. The number of rotatable bonds is 5. The molecule has 1 atom stereocenters. The van der Waals surface area contributed by atoms with Crippen molar-refractivity contribution in [1.82, 2.24) is 9.88 Å². The van der Waals surface area contributed by atoms with E-state index in [1.807, 2.05) is 0 Å². The first-order chi connectivity index (χ1) is 13.9. The number of nitrogens with one attached hydrogen (secondary N) is 1. The number of carbonyl (C=O) groups is 1. The molecule has 2 N–H and O–H groups in total. The lowest BCUT2D eigenvalue weighted by atomic mass is 10.2. The number of likely N-dealkylation sites (tertiary alicyclic amines) is 1. The van der Waals surface area contributed by atoms with Crippen LogP contribution in [0.25, 0.3) is 10.9 Å². The highest BCUT2D eigenvalue weighted by Gasteiger charge is 2.29. The third-order valence-electron chi connectivity index (χ3n) is 5.11. The Labute approximate surface area is 166 Å². The van der Waals surface area contributed by atoms with Crippen LogP contribution in [0.1, 0.15) is 12.8 Å². The van der Waals surface area contributed by atoms with Crippen molar-refractivity contribution in [1.29, 1.82) is 0 Å². The van der Waals surface area contributed by atoms with Gasteiger partial charge >= 0.3 is 6.09 Å². The van der Waals surface area contributed by atoms with E-state index in [1.165, 1.54) is 29.3 Å². The molecule has 1 fully saturated rings. The second kappa shape index (κ2) is 7.40. The number of carboxylic acid groups (broad SMARTS) is 1. The number of H-pyrrole nitrogens is 1. The van der Waals surface area contributed by atoms with E-state index in [4.69, 9.17) is 4.74 Å². The number of ether oxygens (including phenoxy) is 1. The van der Waals surface area contributed by atoms with Crippen molar-refractivity contribution in [3.8, 4) is 5.75 Å². The number of aromatic amines is 1. The van der Waals surface area contributed by atoms with Crippen LogP contribution in [0.4, 0.5) is 9.18 Å². The summed E-state index contributed by atoms with van der Waals surface area (Å²) in [5.74, 6) is -0.404. The second-order valence-electron chi connectivity index (χ2n) is 6.85. The van der Waals surface area contributed by atoms with Gasteiger partial charge in [-0.15, -0.1) is 0 Å². The molecule has 0 radical (unpaired) electrons. The molecule has 1 aromatic heterocycles. The summed E-state index contributed by atoms with van der Waals surface area (Å²) >= 11 is 0. The summed E-state index contributed by atoms with van der Waals surface area (Å²) in [6.45, 7) is 0.640. The lowest BCUT2D eigenvalue weighted by Crippen LogP contribution is -2.38. The van der Waals surface area contributed by atoms with Crippen molar-refractivity contribution in [3.63, 3.8) is 0 Å². The van der Waals surface area contributed by atoms with Crippen LogP contribution in [0, 0.1) is 5.82 Å². The molecule has 0 saturated carbocycles. The van der Waals surface area contributed by atoms with Crippen molar-refractivity contribution in [3.05, 3.63) is 54.5 Å². The van der Waals surface area contributed by atoms with E-state index in [1.54, 1.807) is 18.2 Å². The van der Waals surface area contributed by atoms with Gasteiger partial charge in [0.05, 0.1) is 16.5 Å². The largest absolute Gasteiger partial charge is 0.489 e. The zero-order valence-electron chi connectivity index (χ0n) is 15.3. The molecule has 1 amide bonds. The molecular formula is C20H19FN2O5S. The SMILES string of the molecule is O=C(O)N1CCCC1COc1cccc2c(S(=O)(=O)c3ccccc3F)c[nH]c12. The lowest BCUT2D eigenvalue weighted by Gasteiger charge is -2.21. The number of fused-ring (bicyclic) bond motifs is 1. The number of hydrogen-bond donors (Lipinski definition) is 2. The molecule has 4 rings (SSSR count). The zero-order chi connectivity index (χ0) is 20.6. The van der Waals surface area contributed by atoms with Gasteiger partial charge in [-0.25, -0.2) is 17.6 Å². The highest BCUT2D eigenvalue weighted by atomic mass is 32.2. The van der Waals surface area contributed by atoms with Gasteiger partial charge in [0.2, 0.25) is 9.84 Å². The van der Waals surface area contributed by atoms with Gasteiger partial charge in [0.1, 0.15) is 23.1 Å². The Kier molecular flexibility index (Phi) is 4.91. The number of amides is 1. The number of sulfone groups is 1. The zero-order valence-corrected chi connectivity index (χ0v) is 16.2. The van der Waals surface area contributed by atoms with Gasteiger partial charge in [-0.1, -0.05) is 24.3 Å². The van der Waals surface area contributed by atoms with Gasteiger partial charge in [0.15, 0.2) is 0 Å². The van der Waals surface area contributed by atoms with E-state index >= 15 is 0 Å². The summed E-state index contributed by atoms with van der Waals surface area (Å²) in [7, 11) is -4.07. The number of aromatic nitrogens is 1. The Morgan fingerprint density at radius 1 is 1.21 bits per heavy atom. The van der Waals surface area contributed by atoms with Crippen molar-refractivity contribution in [2.24, 2.45) is 0 Å². The van der Waals surface area contributed by atoms with E-state index in [-0.39, 0.29) is 17.5 Å². The summed E-state index contributed by atoms with van der Waals surface area (Å²) in [4.78, 5) is 15.1. The van der Waals surface area contributed by atoms with Crippen LogP contribution in [-0.2, 0) is 9.84 Å². The smallest absolute Gasteiger partial charge is 0.407 e. The molecule has 29 heavy (non-hydrogen) atoms. The molecule has 1 saturated heterocycles. The molecule has 1 aliphatic heterocycles. The molecule has 152 valence electrons. The van der Waals surface area contributed by atoms with Gasteiger partial charge in [-0.3, -0.25) is 0 Å². The predicted molar refractivity (Wildman–Crippen MR) is 103 cm³/mol. The summed E-state index contributed by atoms with van der Waals surface area (Å²) in [6.07, 6.45) is 1.82. The van der Waals surface area contributed by atoms with Crippen molar-refractivity contribution in [2.45, 2.75) is 28.7 Å². The Balaban J connectivity index is 1.65. The topological polar surface area (TPSA) is 99.7 Å². The lowest BCUT2D eigenvalue weighted by molar-refractivity contribution is 0.123. The van der Waals surface area contributed by atoms with E-state index < -0.39 is 26.6 Å². The minimum atomic E-state index is -4.07. The summed E-state index contributed by atoms with van der Waals surface area (Å²) in [6, 6.07) is 9.92. The molecule has 7 nitrogen and oxygen atoms in total. The molecule has 2 heterocycles. The molecule has 2 aromatic carbocycles. The van der Waals surface area contributed by atoms with Crippen LogP contribution in [0.2, 0.25) is 0 Å².